The molecule has 0 spiro atoms. The number of anilines is 1. The van der Waals surface area contributed by atoms with Gasteiger partial charge in [0, 0.05) is 29.2 Å². The zero-order valence-corrected chi connectivity index (χ0v) is 17.3. The highest BCUT2D eigenvalue weighted by Crippen LogP contribution is 2.29. The Morgan fingerprint density at radius 3 is 2.59 bits per heavy atom. The Morgan fingerprint density at radius 1 is 1.14 bits per heavy atom. The molecule has 1 N–H and O–H groups in total. The van der Waals surface area contributed by atoms with Crippen LogP contribution in [0.15, 0.2) is 42.5 Å². The second-order valence-corrected chi connectivity index (χ2v) is 8.31. The highest BCUT2D eigenvalue weighted by molar-refractivity contribution is 7.92. The summed E-state index contributed by atoms with van der Waals surface area (Å²) in [6.45, 7) is 4.21. The predicted molar refractivity (Wildman–Crippen MR) is 114 cm³/mol. The molecule has 0 fully saturated rings. The van der Waals surface area contributed by atoms with Crippen LogP contribution in [0.2, 0.25) is 0 Å². The highest BCUT2D eigenvalue weighted by Gasteiger charge is 2.15. The van der Waals surface area contributed by atoms with Crippen LogP contribution in [0, 0.1) is 23.2 Å². The number of nitrogens with zero attached hydrogens (tertiary/aromatic N) is 2. The molecule has 0 aliphatic heterocycles. The molecule has 1 heterocycles. The van der Waals surface area contributed by atoms with Crippen LogP contribution in [0.4, 0.5) is 5.69 Å². The maximum atomic E-state index is 11.8. The van der Waals surface area contributed by atoms with Crippen LogP contribution in [0.5, 0.6) is 5.75 Å². The van der Waals surface area contributed by atoms with Crippen molar-refractivity contribution in [2.75, 3.05) is 17.6 Å². The molecule has 1 aromatic heterocycles. The van der Waals surface area contributed by atoms with Gasteiger partial charge in [-0.1, -0.05) is 12.0 Å². The summed E-state index contributed by atoms with van der Waals surface area (Å²) in [6, 6.07) is 14.7. The van der Waals surface area contributed by atoms with Crippen LogP contribution in [-0.4, -0.2) is 25.8 Å². The minimum atomic E-state index is -3.36. The van der Waals surface area contributed by atoms with E-state index in [0.717, 1.165) is 10.9 Å². The summed E-state index contributed by atoms with van der Waals surface area (Å²) >= 11 is 0. The summed E-state index contributed by atoms with van der Waals surface area (Å²) in [5.41, 5.74) is 3.13. The quantitative estimate of drug-likeness (QED) is 0.654. The first-order valence-corrected chi connectivity index (χ1v) is 10.8. The summed E-state index contributed by atoms with van der Waals surface area (Å²) in [6.07, 6.45) is 0. The van der Waals surface area contributed by atoms with Gasteiger partial charge in [-0.15, -0.1) is 0 Å². The molecule has 29 heavy (non-hydrogen) atoms. The Balaban J connectivity index is 2.08. The number of fused-ring (bicyclic) bond motifs is 1. The smallest absolute Gasteiger partial charge is 0.232 e. The van der Waals surface area contributed by atoms with Crippen LogP contribution in [0.1, 0.15) is 30.7 Å². The molecular weight excluding hydrogens is 386 g/mol. The van der Waals surface area contributed by atoms with E-state index in [1.165, 1.54) is 0 Å². The topological polar surface area (TPSA) is 84.1 Å². The number of nitriles is 1. The molecular formula is C22H21N3O3S. The standard InChI is InChI=1S/C22H21N3O3S/c1-4-25-21(20(15-23)19-11-10-18(28-3)14-22(19)25)12-9-16-7-6-8-17(13-16)24-29(26,27)5-2/h6-8,10-11,13-14,24H,4-5H2,1-3H3. The largest absolute Gasteiger partial charge is 0.497 e. The van der Waals surface area contributed by atoms with E-state index in [4.69, 9.17) is 4.74 Å². The molecule has 2 aromatic carbocycles. The molecule has 0 aliphatic rings. The Bertz CT molecular complexity index is 1270. The van der Waals surface area contributed by atoms with Crippen LogP contribution in [0.3, 0.4) is 0 Å². The van der Waals surface area contributed by atoms with Gasteiger partial charge in [0.15, 0.2) is 0 Å². The van der Waals surface area contributed by atoms with Gasteiger partial charge in [0.2, 0.25) is 10.0 Å². The van der Waals surface area contributed by atoms with E-state index in [0.29, 0.717) is 34.8 Å². The van der Waals surface area contributed by atoms with Crippen molar-refractivity contribution in [3.63, 3.8) is 0 Å². The zero-order valence-electron chi connectivity index (χ0n) is 16.5. The lowest BCUT2D eigenvalue weighted by molar-refractivity contribution is 0.415. The second kappa shape index (κ2) is 8.30. The molecule has 3 aromatic rings. The van der Waals surface area contributed by atoms with Crippen LogP contribution in [-0.2, 0) is 16.6 Å². The van der Waals surface area contributed by atoms with Gasteiger partial charge in [-0.05, 0) is 50.1 Å². The van der Waals surface area contributed by atoms with E-state index in [2.05, 4.69) is 22.6 Å². The van der Waals surface area contributed by atoms with E-state index < -0.39 is 10.0 Å². The number of aromatic nitrogens is 1. The van der Waals surface area contributed by atoms with Gasteiger partial charge < -0.3 is 9.30 Å². The van der Waals surface area contributed by atoms with Gasteiger partial charge >= 0.3 is 0 Å². The number of hydrogen-bond acceptors (Lipinski definition) is 4. The number of hydrogen-bond donors (Lipinski definition) is 1. The van der Waals surface area contributed by atoms with Gasteiger partial charge in [-0.3, -0.25) is 4.72 Å². The summed E-state index contributed by atoms with van der Waals surface area (Å²) in [5.74, 6) is 6.87. The third-order valence-electron chi connectivity index (χ3n) is 4.54. The average Bonchev–Trinajstić information content (AvgIpc) is 3.03. The normalized spacial score (nSPS) is 10.8. The molecule has 3 rings (SSSR count). The number of sulfonamides is 1. The molecule has 0 amide bonds. The molecule has 0 unspecified atom stereocenters. The van der Waals surface area contributed by atoms with Crippen LogP contribution >= 0.6 is 0 Å². The highest BCUT2D eigenvalue weighted by atomic mass is 32.2. The number of ether oxygens (including phenoxy) is 1. The van der Waals surface area contributed by atoms with Crippen molar-refractivity contribution < 1.29 is 13.2 Å². The second-order valence-electron chi connectivity index (χ2n) is 6.30. The Labute approximate surface area is 170 Å². The Kier molecular flexibility index (Phi) is 5.81. The maximum Gasteiger partial charge on any atom is 0.232 e. The monoisotopic (exact) mass is 407 g/mol. The van der Waals surface area contributed by atoms with E-state index >= 15 is 0 Å². The summed E-state index contributed by atoms with van der Waals surface area (Å²) in [5, 5.41) is 10.5. The van der Waals surface area contributed by atoms with E-state index in [-0.39, 0.29) is 5.75 Å². The fourth-order valence-electron chi connectivity index (χ4n) is 3.07. The van der Waals surface area contributed by atoms with Crippen molar-refractivity contribution in [1.29, 1.82) is 5.26 Å². The summed E-state index contributed by atoms with van der Waals surface area (Å²) in [4.78, 5) is 0. The number of benzene rings is 2. The van der Waals surface area contributed by atoms with Crippen molar-refractivity contribution in [1.82, 2.24) is 4.57 Å². The maximum absolute atomic E-state index is 11.8. The molecule has 0 bridgehead atoms. The molecule has 0 aliphatic carbocycles. The van der Waals surface area contributed by atoms with E-state index in [1.54, 1.807) is 38.3 Å². The van der Waals surface area contributed by atoms with E-state index in [1.807, 2.05) is 29.7 Å². The predicted octanol–water partition coefficient (Wildman–Crippen LogP) is 3.70. The lowest BCUT2D eigenvalue weighted by Crippen LogP contribution is -2.14. The lowest BCUT2D eigenvalue weighted by atomic mass is 10.1. The minimum Gasteiger partial charge on any atom is -0.497 e. The number of rotatable bonds is 5. The minimum absolute atomic E-state index is 0.00545. The molecule has 7 heteroatoms. The van der Waals surface area contributed by atoms with Gasteiger partial charge in [-0.2, -0.15) is 5.26 Å². The first-order chi connectivity index (χ1) is 13.9. The van der Waals surface area contributed by atoms with E-state index in [9.17, 15) is 13.7 Å². The zero-order chi connectivity index (χ0) is 21.0. The fourth-order valence-corrected chi connectivity index (χ4v) is 3.70. The van der Waals surface area contributed by atoms with Crippen molar-refractivity contribution in [3.8, 4) is 23.7 Å². The Morgan fingerprint density at radius 2 is 1.93 bits per heavy atom. The molecule has 0 saturated carbocycles. The molecule has 148 valence electrons. The Hall–Kier alpha value is -3.42. The first-order valence-electron chi connectivity index (χ1n) is 9.15. The van der Waals surface area contributed by atoms with Crippen molar-refractivity contribution in [2.45, 2.75) is 20.4 Å². The van der Waals surface area contributed by atoms with Crippen molar-refractivity contribution >= 4 is 26.6 Å². The molecule has 6 nitrogen and oxygen atoms in total. The SMILES string of the molecule is CCn1c(C#Cc2cccc(NS(=O)(=O)CC)c2)c(C#N)c2ccc(OC)cc21. The number of nitrogens with one attached hydrogen (secondary N) is 1. The summed E-state index contributed by atoms with van der Waals surface area (Å²) in [7, 11) is -1.76. The third-order valence-corrected chi connectivity index (χ3v) is 5.85. The molecule has 0 radical (unpaired) electrons. The summed E-state index contributed by atoms with van der Waals surface area (Å²) < 4.78 is 33.4. The van der Waals surface area contributed by atoms with Gasteiger partial charge in [0.05, 0.1) is 23.9 Å². The third kappa shape index (κ3) is 4.21. The van der Waals surface area contributed by atoms with Crippen molar-refractivity contribution in [3.05, 3.63) is 59.3 Å². The lowest BCUT2D eigenvalue weighted by Gasteiger charge is -2.06. The van der Waals surface area contributed by atoms with Gasteiger partial charge in [-0.25, -0.2) is 8.42 Å². The average molecular weight is 407 g/mol. The molecule has 0 atom stereocenters. The first kappa shape index (κ1) is 20.3. The number of methoxy groups -OCH3 is 1. The van der Waals surface area contributed by atoms with Gasteiger partial charge in [0.25, 0.3) is 0 Å². The van der Waals surface area contributed by atoms with Crippen LogP contribution in [0.25, 0.3) is 10.9 Å². The fraction of sp³-hybridized carbons (Fsp3) is 0.227. The molecule has 0 saturated heterocycles. The van der Waals surface area contributed by atoms with Crippen LogP contribution < -0.4 is 9.46 Å². The van der Waals surface area contributed by atoms with Gasteiger partial charge in [0.1, 0.15) is 17.5 Å². The number of aryl methyl sites for hydroxylation is 1. The van der Waals surface area contributed by atoms with Crippen molar-refractivity contribution in [2.24, 2.45) is 0 Å².